The van der Waals surface area contributed by atoms with Crippen molar-refractivity contribution in [2.45, 2.75) is 37.5 Å². The molecule has 1 saturated heterocycles. The monoisotopic (exact) mass is 282 g/mol. The van der Waals surface area contributed by atoms with E-state index in [9.17, 15) is 8.42 Å². The Balaban J connectivity index is 2.10. The van der Waals surface area contributed by atoms with Gasteiger partial charge in [0.25, 0.3) is 0 Å². The molecule has 1 fully saturated rings. The average Bonchev–Trinajstić information content (AvgIpc) is 2.39. The maximum absolute atomic E-state index is 12.3. The molecule has 0 spiro atoms. The lowest BCUT2D eigenvalue weighted by atomic mass is 10.0. The summed E-state index contributed by atoms with van der Waals surface area (Å²) < 4.78 is 29.9. The van der Waals surface area contributed by atoms with Crippen molar-refractivity contribution in [1.29, 1.82) is 0 Å². The highest BCUT2D eigenvalue weighted by molar-refractivity contribution is 7.91. The lowest BCUT2D eigenvalue weighted by Gasteiger charge is -2.21. The molecular weight excluding hydrogens is 260 g/mol. The van der Waals surface area contributed by atoms with Gasteiger partial charge in [0.05, 0.1) is 10.6 Å². The molecule has 106 valence electrons. The van der Waals surface area contributed by atoms with Crippen LogP contribution in [0.3, 0.4) is 0 Å². The van der Waals surface area contributed by atoms with Crippen molar-refractivity contribution >= 4 is 9.84 Å². The number of benzene rings is 1. The molecule has 4 heteroatoms. The van der Waals surface area contributed by atoms with Crippen LogP contribution in [-0.2, 0) is 14.6 Å². The van der Waals surface area contributed by atoms with Gasteiger partial charge in [-0.2, -0.15) is 0 Å². The maximum atomic E-state index is 12.3. The minimum atomic E-state index is -3.16. The molecule has 1 aliphatic heterocycles. The molecule has 1 heterocycles. The predicted molar refractivity (Wildman–Crippen MR) is 76.1 cm³/mol. The molecule has 0 aromatic heterocycles. The van der Waals surface area contributed by atoms with Gasteiger partial charge in [0.15, 0.2) is 9.84 Å². The zero-order valence-corrected chi connectivity index (χ0v) is 12.4. The first-order chi connectivity index (χ1) is 8.99. The van der Waals surface area contributed by atoms with Gasteiger partial charge in [-0.15, -0.1) is 0 Å². The molecule has 0 N–H and O–H groups in total. The smallest absolute Gasteiger partial charge is 0.178 e. The summed E-state index contributed by atoms with van der Waals surface area (Å²) in [6, 6.07) is 7.32. The molecule has 2 rings (SSSR count). The highest BCUT2D eigenvalue weighted by Gasteiger charge is 2.23. The first-order valence-corrected chi connectivity index (χ1v) is 8.55. The summed E-state index contributed by atoms with van der Waals surface area (Å²) in [6.07, 6.45) is 1.70. The minimum Gasteiger partial charge on any atom is -0.381 e. The highest BCUT2D eigenvalue weighted by Crippen LogP contribution is 2.23. The van der Waals surface area contributed by atoms with Crippen LogP contribution < -0.4 is 0 Å². The van der Waals surface area contributed by atoms with E-state index >= 15 is 0 Å². The lowest BCUT2D eigenvalue weighted by Crippen LogP contribution is -2.23. The molecule has 1 aromatic rings. The van der Waals surface area contributed by atoms with Crippen LogP contribution in [0.5, 0.6) is 0 Å². The first kappa shape index (κ1) is 14.5. The molecule has 0 bridgehead atoms. The minimum absolute atomic E-state index is 0.239. The Morgan fingerprint density at radius 2 is 1.74 bits per heavy atom. The quantitative estimate of drug-likeness (QED) is 0.852. The predicted octanol–water partition coefficient (Wildman–Crippen LogP) is 3.01. The molecule has 0 amide bonds. The molecule has 3 nitrogen and oxygen atoms in total. The third-order valence-corrected chi connectivity index (χ3v) is 5.60. The number of hydrogen-bond acceptors (Lipinski definition) is 3. The van der Waals surface area contributed by atoms with Gasteiger partial charge in [0.2, 0.25) is 0 Å². The summed E-state index contributed by atoms with van der Waals surface area (Å²) >= 11 is 0. The third-order valence-electron chi connectivity index (χ3n) is 3.70. The normalized spacial score (nSPS) is 17.8. The topological polar surface area (TPSA) is 43.4 Å². The molecule has 1 aliphatic rings. The van der Waals surface area contributed by atoms with Gasteiger partial charge in [0, 0.05) is 13.2 Å². The van der Waals surface area contributed by atoms with Gasteiger partial charge >= 0.3 is 0 Å². The number of sulfone groups is 1. The number of rotatable bonds is 4. The van der Waals surface area contributed by atoms with Crippen molar-refractivity contribution in [2.24, 2.45) is 5.92 Å². The van der Waals surface area contributed by atoms with Gasteiger partial charge in [-0.05, 0) is 42.4 Å². The van der Waals surface area contributed by atoms with Crippen molar-refractivity contribution in [3.8, 4) is 0 Å². The summed E-state index contributed by atoms with van der Waals surface area (Å²) in [4.78, 5) is 0.448. The van der Waals surface area contributed by atoms with Crippen LogP contribution in [0.2, 0.25) is 0 Å². The Hall–Kier alpha value is -0.870. The second-order valence-corrected chi connectivity index (χ2v) is 7.60. The van der Waals surface area contributed by atoms with Crippen molar-refractivity contribution < 1.29 is 13.2 Å². The fraction of sp³-hybridized carbons (Fsp3) is 0.600. The molecule has 0 aliphatic carbocycles. The maximum Gasteiger partial charge on any atom is 0.178 e. The van der Waals surface area contributed by atoms with Crippen LogP contribution in [0.25, 0.3) is 0 Å². The second kappa shape index (κ2) is 6.06. The van der Waals surface area contributed by atoms with E-state index < -0.39 is 9.84 Å². The van der Waals surface area contributed by atoms with Gasteiger partial charge in [-0.3, -0.25) is 0 Å². The number of ether oxygens (including phenoxy) is 1. The molecule has 19 heavy (non-hydrogen) atoms. The van der Waals surface area contributed by atoms with Crippen LogP contribution in [-0.4, -0.2) is 27.4 Å². The Morgan fingerprint density at radius 3 is 2.26 bits per heavy atom. The van der Waals surface area contributed by atoms with Gasteiger partial charge in [-0.1, -0.05) is 26.0 Å². The summed E-state index contributed by atoms with van der Waals surface area (Å²) in [6.45, 7) is 5.58. The van der Waals surface area contributed by atoms with E-state index in [1.54, 1.807) is 12.1 Å². The fourth-order valence-corrected chi connectivity index (χ4v) is 4.08. The van der Waals surface area contributed by atoms with E-state index in [0.29, 0.717) is 24.0 Å². The Bertz CT molecular complexity index is 497. The van der Waals surface area contributed by atoms with Crippen LogP contribution >= 0.6 is 0 Å². The van der Waals surface area contributed by atoms with E-state index in [4.69, 9.17) is 4.74 Å². The van der Waals surface area contributed by atoms with Crippen molar-refractivity contribution in [3.63, 3.8) is 0 Å². The van der Waals surface area contributed by atoms with Gasteiger partial charge < -0.3 is 4.74 Å². The van der Waals surface area contributed by atoms with Crippen LogP contribution in [0.4, 0.5) is 0 Å². The molecule has 0 atom stereocenters. The van der Waals surface area contributed by atoms with Gasteiger partial charge in [-0.25, -0.2) is 8.42 Å². The van der Waals surface area contributed by atoms with E-state index in [0.717, 1.165) is 12.8 Å². The lowest BCUT2D eigenvalue weighted by molar-refractivity contribution is 0.0723. The summed E-state index contributed by atoms with van der Waals surface area (Å²) in [7, 11) is -3.16. The molecular formula is C15H22O3S. The van der Waals surface area contributed by atoms with Crippen LogP contribution in [0, 0.1) is 5.92 Å². The highest BCUT2D eigenvalue weighted by atomic mass is 32.2. The van der Waals surface area contributed by atoms with Crippen molar-refractivity contribution in [3.05, 3.63) is 29.8 Å². The van der Waals surface area contributed by atoms with E-state index in [-0.39, 0.29) is 11.7 Å². The average molecular weight is 282 g/mol. The van der Waals surface area contributed by atoms with E-state index in [2.05, 4.69) is 13.8 Å². The SMILES string of the molecule is CC(C)c1ccc(S(=O)(=O)CC2CCOCC2)cc1. The summed E-state index contributed by atoms with van der Waals surface area (Å²) in [5, 5.41) is 0. The first-order valence-electron chi connectivity index (χ1n) is 6.89. The van der Waals surface area contributed by atoms with Gasteiger partial charge in [0.1, 0.15) is 0 Å². The Kier molecular flexibility index (Phi) is 4.63. The summed E-state index contributed by atoms with van der Waals surface area (Å²) in [5.74, 6) is 0.910. The zero-order valence-electron chi connectivity index (χ0n) is 11.6. The molecule has 1 aromatic carbocycles. The molecule has 0 unspecified atom stereocenters. The number of hydrogen-bond donors (Lipinski definition) is 0. The van der Waals surface area contributed by atoms with Crippen molar-refractivity contribution in [2.75, 3.05) is 19.0 Å². The van der Waals surface area contributed by atoms with Crippen LogP contribution in [0.15, 0.2) is 29.2 Å². The third kappa shape index (κ3) is 3.80. The molecule has 0 saturated carbocycles. The standard InChI is InChI=1S/C15H22O3S/c1-12(2)14-3-5-15(6-4-14)19(16,17)11-13-7-9-18-10-8-13/h3-6,12-13H,7-11H2,1-2H3. The largest absolute Gasteiger partial charge is 0.381 e. The Morgan fingerprint density at radius 1 is 1.16 bits per heavy atom. The molecule has 0 radical (unpaired) electrons. The second-order valence-electron chi connectivity index (χ2n) is 5.56. The summed E-state index contributed by atoms with van der Waals surface area (Å²) in [5.41, 5.74) is 1.17. The van der Waals surface area contributed by atoms with Crippen molar-refractivity contribution in [1.82, 2.24) is 0 Å². The Labute approximate surface area is 115 Å². The zero-order chi connectivity index (χ0) is 13.9. The van der Waals surface area contributed by atoms with E-state index in [1.807, 2.05) is 12.1 Å². The van der Waals surface area contributed by atoms with Crippen LogP contribution in [0.1, 0.15) is 38.2 Å². The van der Waals surface area contributed by atoms with E-state index in [1.165, 1.54) is 5.56 Å². The fourth-order valence-electron chi connectivity index (χ4n) is 2.38.